The quantitative estimate of drug-likeness (QED) is 0.512. The van der Waals surface area contributed by atoms with Gasteiger partial charge in [0.25, 0.3) is 11.9 Å². The number of halogens is 4. The molecule has 7 nitrogen and oxygen atoms in total. The Morgan fingerprint density at radius 1 is 1.23 bits per heavy atom. The number of carbonyl (C=O) groups excluding carboxylic acids is 1. The van der Waals surface area contributed by atoms with Gasteiger partial charge in [-0.1, -0.05) is 11.6 Å². The molecule has 0 saturated carbocycles. The molecule has 2 aromatic heterocycles. The van der Waals surface area contributed by atoms with Gasteiger partial charge in [0.1, 0.15) is 6.33 Å². The molecule has 0 saturated heterocycles. The van der Waals surface area contributed by atoms with Crippen LogP contribution in [0.25, 0.3) is 5.95 Å². The molecule has 31 heavy (non-hydrogen) atoms. The first-order chi connectivity index (χ1) is 14.7. The molecule has 12 heteroatoms. The van der Waals surface area contributed by atoms with Crippen molar-refractivity contribution in [2.24, 2.45) is 0 Å². The third kappa shape index (κ3) is 5.34. The number of thioether (sulfide) groups is 1. The van der Waals surface area contributed by atoms with E-state index in [1.165, 1.54) is 33.7 Å². The molecule has 3 rings (SSSR count). The molecule has 164 valence electrons. The normalized spacial score (nSPS) is 12.6. The number of alkyl halides is 3. The summed E-state index contributed by atoms with van der Waals surface area (Å²) in [5.74, 6) is 0.608. The Morgan fingerprint density at radius 3 is 2.58 bits per heavy atom. The van der Waals surface area contributed by atoms with Gasteiger partial charge in [0.2, 0.25) is 0 Å². The molecule has 3 aromatic rings. The summed E-state index contributed by atoms with van der Waals surface area (Å²) >= 11 is 7.38. The van der Waals surface area contributed by atoms with Crippen LogP contribution in [0.1, 0.15) is 34.7 Å². The van der Waals surface area contributed by atoms with Crippen molar-refractivity contribution in [3.05, 3.63) is 65.0 Å². The second kappa shape index (κ2) is 9.65. The van der Waals surface area contributed by atoms with Crippen LogP contribution >= 0.6 is 23.4 Å². The second-order valence-corrected chi connectivity index (χ2v) is 7.89. The van der Waals surface area contributed by atoms with Crippen LogP contribution in [0, 0.1) is 0 Å². The number of hydrogen-bond donors (Lipinski definition) is 0. The van der Waals surface area contributed by atoms with E-state index < -0.39 is 23.7 Å². The maximum atomic E-state index is 13.3. The van der Waals surface area contributed by atoms with Crippen molar-refractivity contribution in [1.29, 1.82) is 0 Å². The van der Waals surface area contributed by atoms with Crippen molar-refractivity contribution in [1.82, 2.24) is 29.6 Å². The molecule has 0 bridgehead atoms. The van der Waals surface area contributed by atoms with E-state index in [1.807, 2.05) is 6.26 Å². The number of nitrogens with zero attached hydrogens (tertiary/aromatic N) is 6. The maximum Gasteiger partial charge on any atom is 0.416 e. The fraction of sp³-hybridized carbons (Fsp3) is 0.316. The smallest absolute Gasteiger partial charge is 0.328 e. The van der Waals surface area contributed by atoms with E-state index in [0.717, 1.165) is 12.1 Å². The van der Waals surface area contributed by atoms with Crippen LogP contribution in [0.2, 0.25) is 5.02 Å². The molecule has 1 aromatic carbocycles. The molecule has 2 heterocycles. The summed E-state index contributed by atoms with van der Waals surface area (Å²) in [6.07, 6.45) is 1.63. The Morgan fingerprint density at radius 2 is 1.94 bits per heavy atom. The lowest BCUT2D eigenvalue weighted by Crippen LogP contribution is -2.37. The summed E-state index contributed by atoms with van der Waals surface area (Å²) in [5, 5.41) is 3.96. The zero-order chi connectivity index (χ0) is 22.6. The highest BCUT2D eigenvalue weighted by atomic mass is 35.5. The van der Waals surface area contributed by atoms with Crippen molar-refractivity contribution >= 4 is 29.3 Å². The van der Waals surface area contributed by atoms with Crippen LogP contribution in [-0.2, 0) is 6.18 Å². The predicted octanol–water partition coefficient (Wildman–Crippen LogP) is 4.30. The van der Waals surface area contributed by atoms with E-state index in [1.54, 1.807) is 25.4 Å². The summed E-state index contributed by atoms with van der Waals surface area (Å²) < 4.78 is 41.0. The third-order valence-electron chi connectivity index (χ3n) is 4.43. The van der Waals surface area contributed by atoms with Crippen LogP contribution in [0.5, 0.6) is 0 Å². The minimum absolute atomic E-state index is 0.158. The van der Waals surface area contributed by atoms with Gasteiger partial charge in [-0.25, -0.2) is 15.0 Å². The fourth-order valence-electron chi connectivity index (χ4n) is 2.93. The lowest BCUT2D eigenvalue weighted by atomic mass is 10.1. The highest BCUT2D eigenvalue weighted by molar-refractivity contribution is 7.98. The molecular weight excluding hydrogens is 453 g/mol. The largest absolute Gasteiger partial charge is 0.416 e. The lowest BCUT2D eigenvalue weighted by molar-refractivity contribution is -0.137. The molecule has 1 atom stereocenters. The van der Waals surface area contributed by atoms with Gasteiger partial charge in [0.15, 0.2) is 5.82 Å². The van der Waals surface area contributed by atoms with Crippen LogP contribution in [-0.4, -0.2) is 54.1 Å². The number of benzene rings is 1. The molecule has 1 amide bonds. The van der Waals surface area contributed by atoms with Crippen LogP contribution in [0.3, 0.4) is 0 Å². The Hall–Kier alpha value is -2.66. The van der Waals surface area contributed by atoms with Gasteiger partial charge >= 0.3 is 6.18 Å². The zero-order valence-corrected chi connectivity index (χ0v) is 18.1. The zero-order valence-electron chi connectivity index (χ0n) is 16.5. The Bertz CT molecular complexity index is 1050. The molecule has 0 radical (unpaired) electrons. The summed E-state index contributed by atoms with van der Waals surface area (Å²) in [5.41, 5.74) is -1.14. The van der Waals surface area contributed by atoms with E-state index in [0.29, 0.717) is 11.6 Å². The topological polar surface area (TPSA) is 76.8 Å². The number of hydrogen-bond acceptors (Lipinski definition) is 6. The third-order valence-corrected chi connectivity index (χ3v) is 5.24. The lowest BCUT2D eigenvalue weighted by Gasteiger charge is -2.29. The Labute approximate surface area is 185 Å². The van der Waals surface area contributed by atoms with Crippen LogP contribution in [0.4, 0.5) is 13.2 Å². The summed E-state index contributed by atoms with van der Waals surface area (Å²) in [6, 6.07) is 3.84. The molecule has 1 unspecified atom stereocenters. The predicted molar refractivity (Wildman–Crippen MR) is 111 cm³/mol. The molecule has 0 fully saturated rings. The first-order valence-corrected chi connectivity index (χ1v) is 10.8. The summed E-state index contributed by atoms with van der Waals surface area (Å²) in [7, 11) is 0. The van der Waals surface area contributed by atoms with E-state index in [-0.39, 0.29) is 23.1 Å². The van der Waals surface area contributed by atoms with Gasteiger partial charge in [-0.2, -0.15) is 34.7 Å². The van der Waals surface area contributed by atoms with Crippen molar-refractivity contribution in [3.8, 4) is 5.95 Å². The fourth-order valence-corrected chi connectivity index (χ4v) is 3.55. The maximum absolute atomic E-state index is 13.3. The Kier molecular flexibility index (Phi) is 7.16. The van der Waals surface area contributed by atoms with Gasteiger partial charge < -0.3 is 4.90 Å². The minimum Gasteiger partial charge on any atom is -0.328 e. The number of aromatic nitrogens is 5. The highest BCUT2D eigenvalue weighted by Gasteiger charge is 2.33. The first-order valence-electron chi connectivity index (χ1n) is 9.07. The standard InChI is InChI=1S/C19H18ClF3N6OS/c1-12(16-26-11-27-29(16)18-24-4-3-5-25-18)28(6-7-31-2)17(30)13-8-14(19(21,22)23)10-15(20)9-13/h3-5,8-12H,6-7H2,1-2H3. The van der Waals surface area contributed by atoms with Crippen molar-refractivity contribution in [2.75, 3.05) is 18.6 Å². The van der Waals surface area contributed by atoms with Crippen LogP contribution in [0.15, 0.2) is 43.0 Å². The van der Waals surface area contributed by atoms with Crippen molar-refractivity contribution < 1.29 is 18.0 Å². The average molecular weight is 471 g/mol. The molecule has 0 aliphatic rings. The van der Waals surface area contributed by atoms with Crippen molar-refractivity contribution in [3.63, 3.8) is 0 Å². The van der Waals surface area contributed by atoms with Gasteiger partial charge in [0, 0.05) is 35.3 Å². The van der Waals surface area contributed by atoms with E-state index in [9.17, 15) is 18.0 Å². The number of carbonyl (C=O) groups is 1. The average Bonchev–Trinajstić information content (AvgIpc) is 3.23. The van der Waals surface area contributed by atoms with Gasteiger partial charge in [-0.05, 0) is 37.4 Å². The molecule has 0 aliphatic carbocycles. The summed E-state index contributed by atoms with van der Waals surface area (Å²) in [6.45, 7) is 1.99. The van der Waals surface area contributed by atoms with Crippen LogP contribution < -0.4 is 0 Å². The Balaban J connectivity index is 1.99. The summed E-state index contributed by atoms with van der Waals surface area (Å²) in [4.78, 5) is 27.2. The second-order valence-electron chi connectivity index (χ2n) is 6.47. The molecule has 0 aliphatic heterocycles. The van der Waals surface area contributed by atoms with Gasteiger partial charge in [0.05, 0.1) is 11.6 Å². The monoisotopic (exact) mass is 470 g/mol. The SMILES string of the molecule is CSCCN(C(=O)c1cc(Cl)cc(C(F)(F)F)c1)C(C)c1ncnn1-c1ncccn1. The molecular formula is C19H18ClF3N6OS. The first kappa shape index (κ1) is 23.0. The van der Waals surface area contributed by atoms with E-state index in [2.05, 4.69) is 20.1 Å². The van der Waals surface area contributed by atoms with Gasteiger partial charge in [-0.3, -0.25) is 4.79 Å². The van der Waals surface area contributed by atoms with E-state index >= 15 is 0 Å². The molecule has 0 spiro atoms. The van der Waals surface area contributed by atoms with Gasteiger partial charge in [-0.15, -0.1) is 0 Å². The van der Waals surface area contributed by atoms with Crippen molar-refractivity contribution in [2.45, 2.75) is 19.1 Å². The number of rotatable bonds is 7. The minimum atomic E-state index is -4.62. The van der Waals surface area contributed by atoms with E-state index in [4.69, 9.17) is 11.6 Å². The highest BCUT2D eigenvalue weighted by Crippen LogP contribution is 2.33. The molecule has 0 N–H and O–H groups in total. The number of amides is 1.